The fourth-order valence-electron chi connectivity index (χ4n) is 7.15. The van der Waals surface area contributed by atoms with Gasteiger partial charge in [-0.1, -0.05) is 217 Å². The van der Waals surface area contributed by atoms with E-state index in [1.165, 1.54) is 51.4 Å². The number of hydrogen-bond acceptors (Lipinski definition) is 6. The highest BCUT2D eigenvalue weighted by molar-refractivity contribution is 5.71. The van der Waals surface area contributed by atoms with Crippen molar-refractivity contribution in [3.8, 4) is 0 Å². The number of carbonyl (C=O) groups is 3. The minimum atomic E-state index is -0.840. The third kappa shape index (κ3) is 57.8. The summed E-state index contributed by atoms with van der Waals surface area (Å²) in [6, 6.07) is 0. The number of unbranched alkanes of at least 4 members (excludes halogenated alkanes) is 13. The highest BCUT2D eigenvalue weighted by Gasteiger charge is 2.19. The molecule has 0 rings (SSSR count). The molecule has 0 radical (unpaired) electrons. The topological polar surface area (TPSA) is 78.9 Å². The summed E-state index contributed by atoms with van der Waals surface area (Å²) < 4.78 is 16.8. The van der Waals surface area contributed by atoms with Crippen LogP contribution in [-0.4, -0.2) is 37.2 Å². The summed E-state index contributed by atoms with van der Waals surface area (Å²) in [7, 11) is 0. The van der Waals surface area contributed by atoms with E-state index in [4.69, 9.17) is 14.2 Å². The van der Waals surface area contributed by atoms with Crippen molar-refractivity contribution >= 4 is 17.9 Å². The number of ether oxygens (including phenoxy) is 3. The second kappa shape index (κ2) is 59.6. The van der Waals surface area contributed by atoms with Crippen LogP contribution in [0.4, 0.5) is 0 Å². The van der Waals surface area contributed by atoms with E-state index < -0.39 is 6.10 Å². The van der Waals surface area contributed by atoms with E-state index >= 15 is 0 Å². The smallest absolute Gasteiger partial charge is 0.306 e. The van der Waals surface area contributed by atoms with Crippen molar-refractivity contribution in [1.29, 1.82) is 0 Å². The molecule has 6 nitrogen and oxygen atoms in total. The Bertz CT molecular complexity index is 1670. The lowest BCUT2D eigenvalue weighted by Crippen LogP contribution is -2.30. The molecule has 0 aliphatic carbocycles. The first-order valence-electron chi connectivity index (χ1n) is 29.0. The van der Waals surface area contributed by atoms with Gasteiger partial charge in [-0.3, -0.25) is 14.4 Å². The predicted octanol–water partition coefficient (Wildman–Crippen LogP) is 19.8. The molecule has 0 aromatic carbocycles. The number of esters is 3. The molecule has 0 N–H and O–H groups in total. The largest absolute Gasteiger partial charge is 0.462 e. The van der Waals surface area contributed by atoms with Crippen molar-refractivity contribution in [3.63, 3.8) is 0 Å². The molecular formula is C67H104O6. The van der Waals surface area contributed by atoms with Gasteiger partial charge < -0.3 is 14.2 Å². The Labute approximate surface area is 448 Å². The Balaban J connectivity index is 4.63. The van der Waals surface area contributed by atoms with E-state index in [1.54, 1.807) is 0 Å². The summed E-state index contributed by atoms with van der Waals surface area (Å²) >= 11 is 0. The zero-order valence-corrected chi connectivity index (χ0v) is 46.6. The molecule has 0 heterocycles. The van der Waals surface area contributed by atoms with Gasteiger partial charge in [0.1, 0.15) is 13.2 Å². The molecule has 6 heteroatoms. The van der Waals surface area contributed by atoms with Gasteiger partial charge >= 0.3 is 17.9 Å². The molecule has 73 heavy (non-hydrogen) atoms. The van der Waals surface area contributed by atoms with Gasteiger partial charge in [0.2, 0.25) is 0 Å². The predicted molar refractivity (Wildman–Crippen MR) is 315 cm³/mol. The third-order valence-electron chi connectivity index (χ3n) is 11.5. The summed E-state index contributed by atoms with van der Waals surface area (Å²) in [6.45, 7) is 6.35. The number of hydrogen-bond donors (Lipinski definition) is 0. The Morgan fingerprint density at radius 2 is 0.548 bits per heavy atom. The molecule has 0 saturated carbocycles. The average molecular weight is 1010 g/mol. The van der Waals surface area contributed by atoms with Crippen LogP contribution < -0.4 is 0 Å². The molecule has 1 atom stereocenters. The normalized spacial score (nSPS) is 13.3. The standard InChI is InChI=1S/C67H104O6/c1-4-7-10-13-16-19-22-25-28-31-33-36-39-42-45-48-51-54-57-60-66(69)72-63-64(62-71-65(68)59-56-53-50-47-44-41-38-35-30-27-24-21-18-15-12-9-6-3)73-67(70)61-58-55-52-49-46-43-40-37-34-32-29-26-23-20-17-14-11-8-5-2/h7,10,16-21,25-30,33-34,36-38,41-43,45-47,50,64H,4-6,8-9,11-15,22-24,31-32,35,39-40,44,48-49,51-63H2,1-3H3/b10-7-,19-16-,20-17-,21-18-,28-25-,29-26-,30-27-,36-33-,37-34-,41-38-,45-42-,46-43-,50-47-/t64-/m1/s1. The average Bonchev–Trinajstić information content (AvgIpc) is 3.39. The van der Waals surface area contributed by atoms with Gasteiger partial charge in [-0.05, 0) is 148 Å². The highest BCUT2D eigenvalue weighted by atomic mass is 16.6. The molecule has 0 bridgehead atoms. The summed E-state index contributed by atoms with van der Waals surface area (Å²) in [6.07, 6.45) is 86.6. The number of carbonyl (C=O) groups excluding carboxylic acids is 3. The van der Waals surface area contributed by atoms with E-state index in [9.17, 15) is 14.4 Å². The lowest BCUT2D eigenvalue weighted by atomic mass is 10.1. The van der Waals surface area contributed by atoms with Gasteiger partial charge in [-0.15, -0.1) is 0 Å². The van der Waals surface area contributed by atoms with E-state index in [0.717, 1.165) is 122 Å². The van der Waals surface area contributed by atoms with Crippen LogP contribution in [0.5, 0.6) is 0 Å². The van der Waals surface area contributed by atoms with Gasteiger partial charge in [-0.25, -0.2) is 0 Å². The van der Waals surface area contributed by atoms with Crippen LogP contribution >= 0.6 is 0 Å². The molecule has 0 aliphatic rings. The molecule has 0 aliphatic heterocycles. The van der Waals surface area contributed by atoms with Crippen LogP contribution in [0.15, 0.2) is 158 Å². The van der Waals surface area contributed by atoms with Crippen LogP contribution in [0.1, 0.15) is 226 Å². The third-order valence-corrected chi connectivity index (χ3v) is 11.5. The minimum absolute atomic E-state index is 0.133. The van der Waals surface area contributed by atoms with Gasteiger partial charge in [0.05, 0.1) is 0 Å². The quantitative estimate of drug-likeness (QED) is 0.0261. The number of rotatable bonds is 50. The van der Waals surface area contributed by atoms with Crippen molar-refractivity contribution in [2.75, 3.05) is 13.2 Å². The summed E-state index contributed by atoms with van der Waals surface area (Å²) in [5.41, 5.74) is 0. The summed E-state index contributed by atoms with van der Waals surface area (Å²) in [5, 5.41) is 0. The lowest BCUT2D eigenvalue weighted by Gasteiger charge is -2.18. The van der Waals surface area contributed by atoms with Crippen LogP contribution in [0, 0.1) is 0 Å². The molecule has 408 valence electrons. The first-order valence-corrected chi connectivity index (χ1v) is 29.0. The SMILES string of the molecule is CC/C=C\C/C=C\C/C=C\C/C=C\C/C=C\CCCCCC(=O)OC[C@@H](COC(=O)CCC/C=C\C/C=C\C/C=C\C/C=C\CCCCC)OC(=O)CCCCC/C=C\C/C=C\C/C=C\C/C=C\CCCCC. The maximum Gasteiger partial charge on any atom is 0.306 e. The minimum Gasteiger partial charge on any atom is -0.462 e. The molecule has 0 aromatic rings. The maximum absolute atomic E-state index is 12.9. The zero-order chi connectivity index (χ0) is 52.9. The van der Waals surface area contributed by atoms with Gasteiger partial charge in [0, 0.05) is 19.3 Å². The molecule has 0 unspecified atom stereocenters. The van der Waals surface area contributed by atoms with Gasteiger partial charge in [-0.2, -0.15) is 0 Å². The highest BCUT2D eigenvalue weighted by Crippen LogP contribution is 2.11. The fourth-order valence-corrected chi connectivity index (χ4v) is 7.15. The van der Waals surface area contributed by atoms with E-state index in [1.807, 2.05) is 0 Å². The van der Waals surface area contributed by atoms with Crippen molar-refractivity contribution in [3.05, 3.63) is 158 Å². The second-order valence-corrected chi connectivity index (χ2v) is 18.5. The summed E-state index contributed by atoms with van der Waals surface area (Å²) in [5.74, 6) is -1.06. The molecule has 0 aromatic heterocycles. The van der Waals surface area contributed by atoms with Crippen LogP contribution in [0.3, 0.4) is 0 Å². The maximum atomic E-state index is 12.9. The molecular weight excluding hydrogens is 901 g/mol. The molecule has 0 saturated heterocycles. The van der Waals surface area contributed by atoms with Gasteiger partial charge in [0.25, 0.3) is 0 Å². The first kappa shape index (κ1) is 68.0. The van der Waals surface area contributed by atoms with E-state index in [-0.39, 0.29) is 44.0 Å². The van der Waals surface area contributed by atoms with E-state index in [0.29, 0.717) is 19.3 Å². The second-order valence-electron chi connectivity index (χ2n) is 18.5. The Kier molecular flexibility index (Phi) is 55.5. The van der Waals surface area contributed by atoms with Crippen molar-refractivity contribution in [1.82, 2.24) is 0 Å². The Morgan fingerprint density at radius 3 is 0.863 bits per heavy atom. The molecule has 0 spiro atoms. The molecule has 0 fully saturated rings. The van der Waals surface area contributed by atoms with Crippen LogP contribution in [0.2, 0.25) is 0 Å². The van der Waals surface area contributed by atoms with Crippen molar-refractivity contribution in [2.24, 2.45) is 0 Å². The Morgan fingerprint density at radius 1 is 0.288 bits per heavy atom. The van der Waals surface area contributed by atoms with Crippen molar-refractivity contribution in [2.45, 2.75) is 232 Å². The first-order chi connectivity index (χ1) is 36.0. The van der Waals surface area contributed by atoms with E-state index in [2.05, 4.69) is 179 Å². The van der Waals surface area contributed by atoms with Crippen LogP contribution in [0.25, 0.3) is 0 Å². The molecule has 0 amide bonds. The van der Waals surface area contributed by atoms with Gasteiger partial charge in [0.15, 0.2) is 6.10 Å². The zero-order valence-electron chi connectivity index (χ0n) is 46.6. The van der Waals surface area contributed by atoms with Crippen LogP contribution in [-0.2, 0) is 28.6 Å². The number of allylic oxidation sites excluding steroid dienone is 26. The fraction of sp³-hybridized carbons (Fsp3) is 0.567. The monoisotopic (exact) mass is 1000 g/mol. The summed E-state index contributed by atoms with van der Waals surface area (Å²) in [4.78, 5) is 38.2. The Hall–Kier alpha value is -4.97. The van der Waals surface area contributed by atoms with Crippen molar-refractivity contribution < 1.29 is 28.6 Å². The lowest BCUT2D eigenvalue weighted by molar-refractivity contribution is -0.167.